The van der Waals surface area contributed by atoms with Crippen molar-refractivity contribution >= 4 is 5.78 Å². The van der Waals surface area contributed by atoms with E-state index < -0.39 is 0 Å². The summed E-state index contributed by atoms with van der Waals surface area (Å²) in [7, 11) is 0. The van der Waals surface area contributed by atoms with Gasteiger partial charge in [0.05, 0.1) is 5.41 Å². The zero-order valence-corrected chi connectivity index (χ0v) is 12.3. The van der Waals surface area contributed by atoms with E-state index in [1.165, 1.54) is 11.1 Å². The van der Waals surface area contributed by atoms with Gasteiger partial charge in [0.2, 0.25) is 0 Å². The predicted octanol–water partition coefficient (Wildman–Crippen LogP) is 3.41. The van der Waals surface area contributed by atoms with E-state index in [1.807, 2.05) is 6.92 Å². The van der Waals surface area contributed by atoms with Crippen LogP contribution in [0.2, 0.25) is 0 Å². The van der Waals surface area contributed by atoms with Crippen LogP contribution in [0.15, 0.2) is 24.3 Å². The molecule has 0 bridgehead atoms. The summed E-state index contributed by atoms with van der Waals surface area (Å²) in [4.78, 5) is 12.5. The molecule has 1 aliphatic rings. The number of carbonyl (C=O) groups excluding carboxylic acids is 1. The van der Waals surface area contributed by atoms with Crippen molar-refractivity contribution < 1.29 is 4.79 Å². The summed E-state index contributed by atoms with van der Waals surface area (Å²) in [5.41, 5.74) is 2.32. The van der Waals surface area contributed by atoms with Gasteiger partial charge in [-0.3, -0.25) is 4.79 Å². The smallest absolute Gasteiger partial charge is 0.143 e. The van der Waals surface area contributed by atoms with Gasteiger partial charge in [-0.2, -0.15) is 0 Å². The summed E-state index contributed by atoms with van der Waals surface area (Å²) in [5.74, 6) is 0.936. The first kappa shape index (κ1) is 14.3. The fraction of sp³-hybridized carbons (Fsp3) is 0.588. The van der Waals surface area contributed by atoms with Crippen molar-refractivity contribution in [1.29, 1.82) is 0 Å². The van der Waals surface area contributed by atoms with Gasteiger partial charge in [0.1, 0.15) is 5.78 Å². The second-order valence-electron chi connectivity index (χ2n) is 5.89. The van der Waals surface area contributed by atoms with E-state index in [4.69, 9.17) is 0 Å². The minimum Gasteiger partial charge on any atom is -0.317 e. The van der Waals surface area contributed by atoms with Crippen LogP contribution in [0.5, 0.6) is 0 Å². The fourth-order valence-electron chi connectivity index (χ4n) is 3.11. The Morgan fingerprint density at radius 3 is 2.26 bits per heavy atom. The first-order valence-electron chi connectivity index (χ1n) is 7.44. The Kier molecular flexibility index (Phi) is 4.41. The molecule has 1 heterocycles. The second-order valence-corrected chi connectivity index (χ2v) is 5.89. The molecular weight excluding hydrogens is 234 g/mol. The maximum atomic E-state index is 12.5. The Hall–Kier alpha value is -1.15. The molecule has 19 heavy (non-hydrogen) atoms. The van der Waals surface area contributed by atoms with Gasteiger partial charge in [-0.25, -0.2) is 0 Å². The normalized spacial score (nSPS) is 18.5. The van der Waals surface area contributed by atoms with Crippen LogP contribution in [0.25, 0.3) is 0 Å². The van der Waals surface area contributed by atoms with Crippen LogP contribution in [0.1, 0.15) is 57.1 Å². The van der Waals surface area contributed by atoms with Gasteiger partial charge in [-0.15, -0.1) is 0 Å². The number of piperidine rings is 1. The van der Waals surface area contributed by atoms with Crippen LogP contribution in [0.3, 0.4) is 0 Å². The van der Waals surface area contributed by atoms with E-state index in [1.54, 1.807) is 0 Å². The number of ketones is 1. The van der Waals surface area contributed by atoms with E-state index in [2.05, 4.69) is 43.4 Å². The average molecular weight is 259 g/mol. The molecule has 0 aliphatic carbocycles. The number of Topliss-reactive ketones (excluding diaryl/α,β-unsaturated/α-hetero) is 1. The number of benzene rings is 1. The Labute approximate surface area is 116 Å². The topological polar surface area (TPSA) is 29.1 Å². The van der Waals surface area contributed by atoms with Crippen LogP contribution in [-0.4, -0.2) is 18.9 Å². The number of hydrogen-bond donors (Lipinski definition) is 1. The van der Waals surface area contributed by atoms with Crippen LogP contribution >= 0.6 is 0 Å². The number of rotatable bonds is 4. The third kappa shape index (κ3) is 2.74. The maximum absolute atomic E-state index is 12.5. The van der Waals surface area contributed by atoms with Gasteiger partial charge in [0.25, 0.3) is 0 Å². The van der Waals surface area contributed by atoms with Crippen molar-refractivity contribution in [2.24, 2.45) is 0 Å². The molecule has 2 rings (SSSR count). The highest BCUT2D eigenvalue weighted by atomic mass is 16.1. The molecule has 0 spiro atoms. The molecule has 0 radical (unpaired) electrons. The lowest BCUT2D eigenvalue weighted by molar-refractivity contribution is -0.125. The van der Waals surface area contributed by atoms with Gasteiger partial charge in [-0.05, 0) is 43.0 Å². The van der Waals surface area contributed by atoms with E-state index in [0.717, 1.165) is 25.9 Å². The molecule has 2 heteroatoms. The van der Waals surface area contributed by atoms with E-state index in [9.17, 15) is 4.79 Å². The van der Waals surface area contributed by atoms with E-state index >= 15 is 0 Å². The van der Waals surface area contributed by atoms with Gasteiger partial charge in [0, 0.05) is 6.42 Å². The molecule has 2 nitrogen and oxygen atoms in total. The molecule has 1 aromatic rings. The molecule has 0 atom stereocenters. The van der Waals surface area contributed by atoms with Crippen molar-refractivity contribution in [1.82, 2.24) is 5.32 Å². The van der Waals surface area contributed by atoms with Crippen molar-refractivity contribution in [3.63, 3.8) is 0 Å². The largest absolute Gasteiger partial charge is 0.317 e. The van der Waals surface area contributed by atoms with Gasteiger partial charge in [0.15, 0.2) is 0 Å². The fourth-order valence-corrected chi connectivity index (χ4v) is 3.11. The van der Waals surface area contributed by atoms with Crippen LogP contribution < -0.4 is 5.32 Å². The standard InChI is InChI=1S/C17H25NO/c1-4-16(19)17(9-11-18-12-10-17)15-7-5-14(6-8-15)13(2)3/h5-8,13,18H,4,9-12H2,1-3H3. The Morgan fingerprint density at radius 2 is 1.79 bits per heavy atom. The van der Waals surface area contributed by atoms with E-state index in [0.29, 0.717) is 18.1 Å². The molecule has 1 N–H and O–H groups in total. The van der Waals surface area contributed by atoms with Gasteiger partial charge >= 0.3 is 0 Å². The van der Waals surface area contributed by atoms with Crippen LogP contribution in [-0.2, 0) is 10.2 Å². The second kappa shape index (κ2) is 5.87. The zero-order chi connectivity index (χ0) is 13.9. The molecule has 104 valence electrons. The summed E-state index contributed by atoms with van der Waals surface area (Å²) in [6.07, 6.45) is 2.49. The molecule has 0 saturated carbocycles. The van der Waals surface area contributed by atoms with Gasteiger partial charge < -0.3 is 5.32 Å². The molecule has 1 fully saturated rings. The molecule has 1 saturated heterocycles. The SMILES string of the molecule is CCC(=O)C1(c2ccc(C(C)C)cc2)CCNCC1. The Bertz CT molecular complexity index is 427. The Balaban J connectivity index is 2.35. The van der Waals surface area contributed by atoms with Gasteiger partial charge in [-0.1, -0.05) is 45.0 Å². The lowest BCUT2D eigenvalue weighted by Crippen LogP contribution is -2.45. The highest BCUT2D eigenvalue weighted by Crippen LogP contribution is 2.36. The number of carbonyl (C=O) groups is 1. The lowest BCUT2D eigenvalue weighted by Gasteiger charge is -2.37. The van der Waals surface area contributed by atoms with Crippen molar-refractivity contribution in [3.8, 4) is 0 Å². The highest BCUT2D eigenvalue weighted by molar-refractivity contribution is 5.90. The predicted molar refractivity (Wildman–Crippen MR) is 79.6 cm³/mol. The molecule has 0 aromatic heterocycles. The average Bonchev–Trinajstić information content (AvgIpc) is 2.47. The minimum absolute atomic E-state index is 0.241. The van der Waals surface area contributed by atoms with Crippen LogP contribution in [0.4, 0.5) is 0 Å². The summed E-state index contributed by atoms with van der Waals surface area (Å²) >= 11 is 0. The third-order valence-electron chi connectivity index (χ3n) is 4.44. The Morgan fingerprint density at radius 1 is 1.21 bits per heavy atom. The molecule has 0 amide bonds. The molecule has 1 aliphatic heterocycles. The first-order valence-corrected chi connectivity index (χ1v) is 7.44. The number of nitrogens with one attached hydrogen (secondary N) is 1. The molecular formula is C17H25NO. The number of hydrogen-bond acceptors (Lipinski definition) is 2. The molecule has 1 aromatic carbocycles. The summed E-state index contributed by atoms with van der Waals surface area (Å²) in [6.45, 7) is 8.27. The zero-order valence-electron chi connectivity index (χ0n) is 12.3. The van der Waals surface area contributed by atoms with Crippen LogP contribution in [0, 0.1) is 0 Å². The van der Waals surface area contributed by atoms with Crippen molar-refractivity contribution in [2.45, 2.75) is 51.4 Å². The summed E-state index contributed by atoms with van der Waals surface area (Å²) < 4.78 is 0. The van der Waals surface area contributed by atoms with Crippen molar-refractivity contribution in [3.05, 3.63) is 35.4 Å². The minimum atomic E-state index is -0.241. The highest BCUT2D eigenvalue weighted by Gasteiger charge is 2.39. The summed E-state index contributed by atoms with van der Waals surface area (Å²) in [5, 5.41) is 3.37. The maximum Gasteiger partial charge on any atom is 0.143 e. The quantitative estimate of drug-likeness (QED) is 0.897. The lowest BCUT2D eigenvalue weighted by atomic mass is 9.69. The monoisotopic (exact) mass is 259 g/mol. The van der Waals surface area contributed by atoms with E-state index in [-0.39, 0.29) is 5.41 Å². The first-order chi connectivity index (χ1) is 9.10. The summed E-state index contributed by atoms with van der Waals surface area (Å²) in [6, 6.07) is 8.72. The third-order valence-corrected chi connectivity index (χ3v) is 4.44. The van der Waals surface area contributed by atoms with Crippen molar-refractivity contribution in [2.75, 3.05) is 13.1 Å². The molecule has 0 unspecified atom stereocenters.